The summed E-state index contributed by atoms with van der Waals surface area (Å²) in [5.74, 6) is -0.226. The Bertz CT molecular complexity index is 398. The van der Waals surface area contributed by atoms with E-state index in [1.165, 1.54) is 19.1 Å². The first-order valence-corrected chi connectivity index (χ1v) is 5.12. The van der Waals surface area contributed by atoms with Crippen molar-refractivity contribution in [2.45, 2.75) is 32.5 Å². The van der Waals surface area contributed by atoms with Crippen LogP contribution >= 0.6 is 0 Å². The zero-order chi connectivity index (χ0) is 12.1. The number of ether oxygens (including phenoxy) is 1. The Kier molecular flexibility index (Phi) is 4.27. The average molecular weight is 223 g/mol. The number of benzene rings is 1. The second-order valence-electron chi connectivity index (χ2n) is 3.50. The molecule has 86 valence electrons. The van der Waals surface area contributed by atoms with Gasteiger partial charge in [0.15, 0.2) is 6.10 Å². The van der Waals surface area contributed by atoms with Crippen molar-refractivity contribution in [2.24, 2.45) is 0 Å². The fourth-order valence-corrected chi connectivity index (χ4v) is 1.29. The van der Waals surface area contributed by atoms with Gasteiger partial charge >= 0.3 is 0 Å². The van der Waals surface area contributed by atoms with Crippen LogP contribution in [-0.4, -0.2) is 11.2 Å². The Hall–Kier alpha value is -1.60. The second kappa shape index (κ2) is 5.47. The quantitative estimate of drug-likeness (QED) is 0.853. The van der Waals surface area contributed by atoms with Crippen LogP contribution in [0.2, 0.25) is 0 Å². The van der Waals surface area contributed by atoms with Gasteiger partial charge < -0.3 is 9.84 Å². The van der Waals surface area contributed by atoms with Gasteiger partial charge in [-0.05, 0) is 25.5 Å². The monoisotopic (exact) mass is 223 g/mol. The summed E-state index contributed by atoms with van der Waals surface area (Å²) in [5, 5.41) is 17.9. The Morgan fingerprint density at radius 1 is 1.56 bits per heavy atom. The van der Waals surface area contributed by atoms with Gasteiger partial charge in [0.25, 0.3) is 0 Å². The minimum absolute atomic E-state index is 0.220. The van der Waals surface area contributed by atoms with E-state index in [1.54, 1.807) is 6.07 Å². The molecule has 0 fully saturated rings. The summed E-state index contributed by atoms with van der Waals surface area (Å²) in [6, 6.07) is 6.15. The first-order valence-electron chi connectivity index (χ1n) is 5.12. The van der Waals surface area contributed by atoms with Crippen LogP contribution in [0.3, 0.4) is 0 Å². The van der Waals surface area contributed by atoms with Crippen molar-refractivity contribution in [3.63, 3.8) is 0 Å². The summed E-state index contributed by atoms with van der Waals surface area (Å²) in [6.45, 7) is 3.30. The molecule has 0 aromatic heterocycles. The van der Waals surface area contributed by atoms with E-state index in [-0.39, 0.29) is 5.56 Å². The summed E-state index contributed by atoms with van der Waals surface area (Å²) < 4.78 is 18.7. The van der Waals surface area contributed by atoms with Crippen LogP contribution in [0.15, 0.2) is 18.2 Å². The molecule has 0 saturated carbocycles. The van der Waals surface area contributed by atoms with E-state index in [0.29, 0.717) is 12.2 Å². The molecule has 2 atom stereocenters. The Labute approximate surface area is 94.1 Å². The summed E-state index contributed by atoms with van der Waals surface area (Å²) >= 11 is 0. The Morgan fingerprint density at radius 2 is 2.25 bits per heavy atom. The maximum Gasteiger partial charge on any atom is 0.184 e. The van der Waals surface area contributed by atoms with Gasteiger partial charge in [-0.1, -0.05) is 6.92 Å². The first-order chi connectivity index (χ1) is 7.58. The number of nitrogens with zero attached hydrogens (tertiary/aromatic N) is 1. The van der Waals surface area contributed by atoms with Crippen LogP contribution in [0.25, 0.3) is 0 Å². The van der Waals surface area contributed by atoms with Crippen molar-refractivity contribution in [3.05, 3.63) is 29.6 Å². The van der Waals surface area contributed by atoms with Crippen LogP contribution in [-0.2, 0) is 0 Å². The van der Waals surface area contributed by atoms with Crippen molar-refractivity contribution in [3.8, 4) is 11.8 Å². The lowest BCUT2D eigenvalue weighted by molar-refractivity contribution is 0.193. The third-order valence-electron chi connectivity index (χ3n) is 2.22. The van der Waals surface area contributed by atoms with Crippen molar-refractivity contribution < 1.29 is 14.2 Å². The molecule has 0 heterocycles. The highest BCUT2D eigenvalue weighted by Crippen LogP contribution is 2.22. The highest BCUT2D eigenvalue weighted by Gasteiger charge is 2.11. The normalized spacial score (nSPS) is 13.9. The molecule has 0 saturated heterocycles. The standard InChI is InChI=1S/C12H14FNO2/c1-3-9(7-14)16-10-4-5-11(8(2)15)12(13)6-10/h4-6,8-9,15H,3H2,1-2H3/t8-,9?/m0/s1. The lowest BCUT2D eigenvalue weighted by Crippen LogP contribution is -2.12. The number of aliphatic hydroxyl groups is 1. The number of aliphatic hydroxyl groups excluding tert-OH is 1. The molecule has 0 aliphatic carbocycles. The van der Waals surface area contributed by atoms with Crippen LogP contribution in [0.1, 0.15) is 31.9 Å². The van der Waals surface area contributed by atoms with Gasteiger partial charge in [-0.25, -0.2) is 4.39 Å². The first kappa shape index (κ1) is 12.5. The van der Waals surface area contributed by atoms with Crippen LogP contribution < -0.4 is 4.74 Å². The molecule has 0 aliphatic heterocycles. The number of hydrogen-bond acceptors (Lipinski definition) is 3. The van der Waals surface area contributed by atoms with Gasteiger partial charge in [-0.2, -0.15) is 5.26 Å². The Morgan fingerprint density at radius 3 is 2.69 bits per heavy atom. The predicted octanol–water partition coefficient (Wildman–Crippen LogP) is 2.56. The molecule has 16 heavy (non-hydrogen) atoms. The lowest BCUT2D eigenvalue weighted by Gasteiger charge is -2.12. The van der Waals surface area contributed by atoms with E-state index in [9.17, 15) is 9.50 Å². The molecular weight excluding hydrogens is 209 g/mol. The van der Waals surface area contributed by atoms with Gasteiger partial charge in [-0.3, -0.25) is 0 Å². The third-order valence-corrected chi connectivity index (χ3v) is 2.22. The maximum atomic E-state index is 13.4. The van der Waals surface area contributed by atoms with Crippen molar-refractivity contribution in [2.75, 3.05) is 0 Å². The SMILES string of the molecule is CCC(C#N)Oc1ccc([C@H](C)O)c(F)c1. The maximum absolute atomic E-state index is 13.4. The highest BCUT2D eigenvalue weighted by molar-refractivity contribution is 5.30. The van der Waals surface area contributed by atoms with Crippen molar-refractivity contribution in [1.82, 2.24) is 0 Å². The molecule has 1 rings (SSSR count). The van der Waals surface area contributed by atoms with E-state index >= 15 is 0 Å². The van der Waals surface area contributed by atoms with E-state index in [2.05, 4.69) is 0 Å². The minimum Gasteiger partial charge on any atom is -0.475 e. The Balaban J connectivity index is 2.86. The van der Waals surface area contributed by atoms with Crippen LogP contribution in [0.4, 0.5) is 4.39 Å². The van der Waals surface area contributed by atoms with Crippen LogP contribution in [0, 0.1) is 17.1 Å². The zero-order valence-corrected chi connectivity index (χ0v) is 9.27. The molecule has 0 amide bonds. The lowest BCUT2D eigenvalue weighted by atomic mass is 10.1. The molecular formula is C12H14FNO2. The van der Waals surface area contributed by atoms with Gasteiger partial charge in [0.1, 0.15) is 17.6 Å². The number of rotatable bonds is 4. The molecule has 0 radical (unpaired) electrons. The van der Waals surface area contributed by atoms with E-state index < -0.39 is 18.0 Å². The number of halogens is 1. The fourth-order valence-electron chi connectivity index (χ4n) is 1.29. The molecule has 0 aliphatic rings. The zero-order valence-electron chi connectivity index (χ0n) is 9.27. The van der Waals surface area contributed by atoms with Crippen LogP contribution in [0.5, 0.6) is 5.75 Å². The molecule has 0 bridgehead atoms. The summed E-state index contributed by atoms with van der Waals surface area (Å²) in [5.41, 5.74) is 0.220. The largest absolute Gasteiger partial charge is 0.475 e. The smallest absolute Gasteiger partial charge is 0.184 e. The van der Waals surface area contributed by atoms with E-state index in [1.807, 2.05) is 13.0 Å². The summed E-state index contributed by atoms with van der Waals surface area (Å²) in [4.78, 5) is 0. The molecule has 1 aromatic rings. The van der Waals surface area contributed by atoms with Gasteiger partial charge in [0, 0.05) is 11.6 Å². The number of nitriles is 1. The topological polar surface area (TPSA) is 53.2 Å². The molecule has 0 spiro atoms. The van der Waals surface area contributed by atoms with Gasteiger partial charge in [0.2, 0.25) is 0 Å². The summed E-state index contributed by atoms with van der Waals surface area (Å²) in [7, 11) is 0. The average Bonchev–Trinajstić information content (AvgIpc) is 2.25. The summed E-state index contributed by atoms with van der Waals surface area (Å²) in [6.07, 6.45) is -0.889. The van der Waals surface area contributed by atoms with E-state index in [0.717, 1.165) is 0 Å². The fraction of sp³-hybridized carbons (Fsp3) is 0.417. The second-order valence-corrected chi connectivity index (χ2v) is 3.50. The molecule has 3 nitrogen and oxygen atoms in total. The van der Waals surface area contributed by atoms with Gasteiger partial charge in [0.05, 0.1) is 6.10 Å². The predicted molar refractivity (Wildman–Crippen MR) is 57.4 cm³/mol. The van der Waals surface area contributed by atoms with Crippen molar-refractivity contribution in [1.29, 1.82) is 5.26 Å². The van der Waals surface area contributed by atoms with Crippen molar-refractivity contribution >= 4 is 0 Å². The van der Waals surface area contributed by atoms with E-state index in [4.69, 9.17) is 10.00 Å². The number of hydrogen-bond donors (Lipinski definition) is 1. The molecule has 1 aromatic carbocycles. The molecule has 4 heteroatoms. The van der Waals surface area contributed by atoms with Gasteiger partial charge in [-0.15, -0.1) is 0 Å². The minimum atomic E-state index is -0.855. The molecule has 1 unspecified atom stereocenters. The highest BCUT2D eigenvalue weighted by atomic mass is 19.1. The molecule has 1 N–H and O–H groups in total. The third kappa shape index (κ3) is 2.94.